The first kappa shape index (κ1) is 29.9. The van der Waals surface area contributed by atoms with Crippen LogP contribution < -0.4 is 10.6 Å². The molecule has 1 unspecified atom stereocenters. The summed E-state index contributed by atoms with van der Waals surface area (Å²) in [6, 6.07) is 24.3. The van der Waals surface area contributed by atoms with E-state index in [0.29, 0.717) is 5.92 Å². The van der Waals surface area contributed by atoms with Gasteiger partial charge >= 0.3 is 12.0 Å². The second-order valence-corrected chi connectivity index (χ2v) is 10.6. The van der Waals surface area contributed by atoms with E-state index in [2.05, 4.69) is 22.5 Å². The van der Waals surface area contributed by atoms with Gasteiger partial charge in [0.1, 0.15) is 5.58 Å². The number of carboxylic acids is 1. The molecule has 0 radical (unpaired) electrons. The van der Waals surface area contributed by atoms with E-state index in [0.717, 1.165) is 53.8 Å². The van der Waals surface area contributed by atoms with Crippen LogP contribution in [-0.4, -0.2) is 41.6 Å². The molecular formula is C34H41N3O4. The highest BCUT2D eigenvalue weighted by Crippen LogP contribution is 2.35. The third-order valence-corrected chi connectivity index (χ3v) is 7.67. The molecule has 216 valence electrons. The van der Waals surface area contributed by atoms with Crippen LogP contribution in [0.15, 0.2) is 89.5 Å². The highest BCUT2D eigenvalue weighted by molar-refractivity contribution is 6.01. The van der Waals surface area contributed by atoms with Gasteiger partial charge in [-0.3, -0.25) is 4.79 Å². The molecule has 1 atom stereocenters. The van der Waals surface area contributed by atoms with Crippen LogP contribution in [0.4, 0.5) is 16.2 Å². The topological polar surface area (TPSA) is 94.8 Å². The number of urea groups is 1. The molecule has 5 rings (SSSR count). The summed E-state index contributed by atoms with van der Waals surface area (Å²) in [6.07, 6.45) is 8.13. The minimum absolute atomic E-state index is 0.244. The average molecular weight is 556 g/mol. The Balaban J connectivity index is 0.000000296. The summed E-state index contributed by atoms with van der Waals surface area (Å²) in [5.74, 6) is -0.672. The molecule has 0 saturated carbocycles. The Labute approximate surface area is 242 Å². The van der Waals surface area contributed by atoms with E-state index < -0.39 is 11.9 Å². The zero-order valence-electron chi connectivity index (χ0n) is 24.0. The molecule has 1 aromatic heterocycles. The van der Waals surface area contributed by atoms with Gasteiger partial charge in [-0.2, -0.15) is 0 Å². The third-order valence-electron chi connectivity index (χ3n) is 7.67. The van der Waals surface area contributed by atoms with Crippen LogP contribution in [0.3, 0.4) is 0 Å². The van der Waals surface area contributed by atoms with E-state index in [9.17, 15) is 9.59 Å². The standard InChI is InChI=1S/C25H31N3O2.C9H10O2/c1-2-3-7-14-28-15-12-19(13-16-28)23-18-30-24-11-10-21(17-22(23)24)27-25(29)26-20-8-5-4-6-9-20;1-7(9(10)11)8-5-3-2-4-6-8/h4-6,8-11,17-19H,2-3,7,12-16H2,1H3,(H2,26,27,29);2-7H,1H3,(H,10,11). The van der Waals surface area contributed by atoms with E-state index in [-0.39, 0.29) is 6.03 Å². The van der Waals surface area contributed by atoms with Crippen LogP contribution in [0.25, 0.3) is 11.0 Å². The molecule has 0 spiro atoms. The Morgan fingerprint density at radius 2 is 1.59 bits per heavy atom. The van der Waals surface area contributed by atoms with Crippen molar-refractivity contribution in [2.24, 2.45) is 0 Å². The molecule has 0 aliphatic carbocycles. The predicted molar refractivity (Wildman–Crippen MR) is 166 cm³/mol. The van der Waals surface area contributed by atoms with Gasteiger partial charge in [0.05, 0.1) is 12.2 Å². The quantitative estimate of drug-likeness (QED) is 0.181. The number of likely N-dealkylation sites (tertiary alicyclic amines) is 1. The van der Waals surface area contributed by atoms with Gasteiger partial charge in [0.15, 0.2) is 0 Å². The average Bonchev–Trinajstić information content (AvgIpc) is 3.42. The van der Waals surface area contributed by atoms with Gasteiger partial charge in [0.25, 0.3) is 0 Å². The Morgan fingerprint density at radius 1 is 0.927 bits per heavy atom. The van der Waals surface area contributed by atoms with Crippen LogP contribution in [0, 0.1) is 0 Å². The highest BCUT2D eigenvalue weighted by atomic mass is 16.4. The molecule has 7 heteroatoms. The Morgan fingerprint density at radius 3 is 2.24 bits per heavy atom. The molecule has 41 heavy (non-hydrogen) atoms. The fraction of sp³-hybridized carbons (Fsp3) is 0.353. The number of furan rings is 1. The van der Waals surface area contributed by atoms with Crippen molar-refractivity contribution in [2.45, 2.75) is 57.8 Å². The minimum Gasteiger partial charge on any atom is -0.481 e. The largest absolute Gasteiger partial charge is 0.481 e. The summed E-state index contributed by atoms with van der Waals surface area (Å²) in [6.45, 7) is 7.45. The molecule has 1 saturated heterocycles. The van der Waals surface area contributed by atoms with Crippen molar-refractivity contribution in [2.75, 3.05) is 30.3 Å². The lowest BCUT2D eigenvalue weighted by Crippen LogP contribution is -2.33. The number of anilines is 2. The van der Waals surface area contributed by atoms with E-state index in [1.807, 2.05) is 85.1 Å². The maximum absolute atomic E-state index is 12.3. The van der Waals surface area contributed by atoms with E-state index >= 15 is 0 Å². The maximum atomic E-state index is 12.3. The molecule has 1 aliphatic rings. The number of piperidine rings is 1. The molecule has 0 bridgehead atoms. The number of para-hydroxylation sites is 1. The van der Waals surface area contributed by atoms with Gasteiger partial charge < -0.3 is 25.1 Å². The SMILES string of the molecule is CC(C(=O)O)c1ccccc1.CCCCCN1CCC(c2coc3ccc(NC(=O)Nc4ccccc4)cc23)CC1. The van der Waals surface area contributed by atoms with Gasteiger partial charge in [-0.05, 0) is 87.6 Å². The summed E-state index contributed by atoms with van der Waals surface area (Å²) in [5.41, 5.74) is 4.54. The molecule has 2 amide bonds. The lowest BCUT2D eigenvalue weighted by atomic mass is 9.89. The number of hydrogen-bond acceptors (Lipinski definition) is 4. The number of unbranched alkanes of at least 4 members (excludes halogenated alkanes) is 2. The fourth-order valence-corrected chi connectivity index (χ4v) is 5.19. The number of nitrogens with one attached hydrogen (secondary N) is 2. The Hall–Kier alpha value is -4.10. The number of fused-ring (bicyclic) bond motifs is 1. The van der Waals surface area contributed by atoms with Crippen LogP contribution in [0.1, 0.15) is 68.9 Å². The van der Waals surface area contributed by atoms with Crippen molar-refractivity contribution in [3.05, 3.63) is 96.3 Å². The summed E-state index contributed by atoms with van der Waals surface area (Å²) in [7, 11) is 0. The first-order valence-electron chi connectivity index (χ1n) is 14.6. The van der Waals surface area contributed by atoms with Crippen molar-refractivity contribution in [3.63, 3.8) is 0 Å². The first-order chi connectivity index (χ1) is 19.9. The number of hydrogen-bond donors (Lipinski definition) is 3. The number of carboxylic acid groups (broad SMARTS) is 1. The van der Waals surface area contributed by atoms with Gasteiger partial charge in [-0.15, -0.1) is 0 Å². The van der Waals surface area contributed by atoms with Crippen molar-refractivity contribution < 1.29 is 19.1 Å². The second-order valence-electron chi connectivity index (χ2n) is 10.6. The molecule has 2 heterocycles. The minimum atomic E-state index is -0.781. The molecular weight excluding hydrogens is 514 g/mol. The number of amides is 2. The number of carbonyl (C=O) groups excluding carboxylic acids is 1. The summed E-state index contributed by atoms with van der Waals surface area (Å²) >= 11 is 0. The van der Waals surface area contributed by atoms with E-state index in [1.165, 1.54) is 31.4 Å². The van der Waals surface area contributed by atoms with Crippen molar-refractivity contribution in [1.82, 2.24) is 4.90 Å². The molecule has 7 nitrogen and oxygen atoms in total. The van der Waals surface area contributed by atoms with Crippen LogP contribution >= 0.6 is 0 Å². The van der Waals surface area contributed by atoms with Crippen molar-refractivity contribution in [3.8, 4) is 0 Å². The Kier molecular flexibility index (Phi) is 11.0. The third kappa shape index (κ3) is 8.69. The van der Waals surface area contributed by atoms with E-state index in [4.69, 9.17) is 9.52 Å². The van der Waals surface area contributed by atoms with Gasteiger partial charge in [-0.1, -0.05) is 68.3 Å². The van der Waals surface area contributed by atoms with Crippen LogP contribution in [0.2, 0.25) is 0 Å². The highest BCUT2D eigenvalue weighted by Gasteiger charge is 2.23. The van der Waals surface area contributed by atoms with Gasteiger partial charge in [-0.25, -0.2) is 4.79 Å². The van der Waals surface area contributed by atoms with E-state index in [1.54, 1.807) is 6.92 Å². The van der Waals surface area contributed by atoms with Crippen molar-refractivity contribution in [1.29, 1.82) is 0 Å². The molecule has 1 fully saturated rings. The lowest BCUT2D eigenvalue weighted by Gasteiger charge is -2.31. The summed E-state index contributed by atoms with van der Waals surface area (Å²) < 4.78 is 5.82. The van der Waals surface area contributed by atoms with Gasteiger partial charge in [0.2, 0.25) is 0 Å². The molecule has 1 aliphatic heterocycles. The zero-order chi connectivity index (χ0) is 29.0. The van der Waals surface area contributed by atoms with Crippen molar-refractivity contribution >= 4 is 34.3 Å². The molecule has 3 aromatic carbocycles. The zero-order valence-corrected chi connectivity index (χ0v) is 24.0. The lowest BCUT2D eigenvalue weighted by molar-refractivity contribution is -0.138. The normalized spacial score (nSPS) is 14.6. The number of benzene rings is 3. The summed E-state index contributed by atoms with van der Waals surface area (Å²) in [5, 5.41) is 15.5. The second kappa shape index (κ2) is 15.1. The number of rotatable bonds is 9. The van der Waals surface area contributed by atoms with Crippen LogP contribution in [-0.2, 0) is 4.79 Å². The first-order valence-corrected chi connectivity index (χ1v) is 14.6. The number of carbonyl (C=O) groups is 2. The molecule has 3 N–H and O–H groups in total. The monoisotopic (exact) mass is 555 g/mol. The van der Waals surface area contributed by atoms with Crippen LogP contribution in [0.5, 0.6) is 0 Å². The predicted octanol–water partition coefficient (Wildman–Crippen LogP) is 8.32. The fourth-order valence-electron chi connectivity index (χ4n) is 5.19. The Bertz CT molecular complexity index is 1380. The molecule has 4 aromatic rings. The number of nitrogens with zero attached hydrogens (tertiary/aromatic N) is 1. The number of aliphatic carboxylic acids is 1. The van der Waals surface area contributed by atoms with Gasteiger partial charge in [0, 0.05) is 22.3 Å². The maximum Gasteiger partial charge on any atom is 0.323 e. The smallest absolute Gasteiger partial charge is 0.323 e. The summed E-state index contributed by atoms with van der Waals surface area (Å²) in [4.78, 5) is 25.4.